The quantitative estimate of drug-likeness (QED) is 0.414. The number of amides is 1. The Bertz CT molecular complexity index is 1300. The molecule has 37 heavy (non-hydrogen) atoms. The van der Waals surface area contributed by atoms with Crippen LogP contribution in [-0.4, -0.2) is 47.0 Å². The van der Waals surface area contributed by atoms with E-state index in [0.717, 1.165) is 24.3 Å². The molecule has 11 heteroatoms. The molecule has 196 valence electrons. The fourth-order valence-corrected chi connectivity index (χ4v) is 4.38. The monoisotopic (exact) mass is 522 g/mol. The molecule has 3 aromatic rings. The molecule has 4 rings (SSSR count). The summed E-state index contributed by atoms with van der Waals surface area (Å²) in [5.41, 5.74) is 0.124. The highest BCUT2D eigenvalue weighted by Gasteiger charge is 2.33. The first-order valence-corrected chi connectivity index (χ1v) is 11.5. The molecule has 5 nitrogen and oxygen atoms in total. The first-order valence-electron chi connectivity index (χ1n) is 11.5. The zero-order valence-electron chi connectivity index (χ0n) is 20.1. The van der Waals surface area contributed by atoms with E-state index in [9.17, 15) is 31.1 Å². The number of alkyl halides is 6. The predicted molar refractivity (Wildman–Crippen MR) is 125 cm³/mol. The highest BCUT2D eigenvalue weighted by Crippen LogP contribution is 2.32. The number of aryl methyl sites for hydroxylation is 2. The fourth-order valence-electron chi connectivity index (χ4n) is 4.38. The summed E-state index contributed by atoms with van der Waals surface area (Å²) in [6.45, 7) is 4.71. The standard InChI is InChI=1S/C26H24F6N4O/c1-16-22(14-18-5-3-7-20(13-18)25(27,28)29)23(34-17(2)33-16)35-9-11-36(12-10-35)24(37)19-6-4-8-21(15-19)26(30,31)32/h3-8,13,15H,9-12,14H2,1-2H3. The van der Waals surface area contributed by atoms with Gasteiger partial charge in [0.05, 0.1) is 11.1 Å². The third kappa shape index (κ3) is 6.03. The second kappa shape index (κ2) is 10.0. The topological polar surface area (TPSA) is 49.3 Å². The lowest BCUT2D eigenvalue weighted by Crippen LogP contribution is -2.49. The van der Waals surface area contributed by atoms with Crippen molar-refractivity contribution in [2.45, 2.75) is 32.6 Å². The number of aromatic nitrogens is 2. The van der Waals surface area contributed by atoms with Gasteiger partial charge < -0.3 is 9.80 Å². The summed E-state index contributed by atoms with van der Waals surface area (Å²) >= 11 is 0. The molecular formula is C26H24F6N4O. The molecule has 0 aliphatic carbocycles. The number of hydrogen-bond acceptors (Lipinski definition) is 4. The summed E-state index contributed by atoms with van der Waals surface area (Å²) in [5.74, 6) is 0.585. The molecule has 0 saturated carbocycles. The average molecular weight is 522 g/mol. The van der Waals surface area contributed by atoms with Crippen LogP contribution in [-0.2, 0) is 18.8 Å². The van der Waals surface area contributed by atoms with E-state index in [4.69, 9.17) is 0 Å². The van der Waals surface area contributed by atoms with E-state index in [2.05, 4.69) is 9.97 Å². The highest BCUT2D eigenvalue weighted by molar-refractivity contribution is 5.94. The van der Waals surface area contributed by atoms with Crippen molar-refractivity contribution in [3.8, 4) is 0 Å². The molecule has 1 aliphatic heterocycles. The molecule has 0 spiro atoms. The number of nitrogens with zero attached hydrogens (tertiary/aromatic N) is 4. The van der Waals surface area contributed by atoms with Crippen molar-refractivity contribution in [2.75, 3.05) is 31.1 Å². The number of rotatable bonds is 4. The lowest BCUT2D eigenvalue weighted by Gasteiger charge is -2.36. The minimum atomic E-state index is -4.55. The SMILES string of the molecule is Cc1nc(C)c(Cc2cccc(C(F)(F)F)c2)c(N2CCN(C(=O)c3cccc(C(F)(F)F)c3)CC2)n1. The molecule has 0 N–H and O–H groups in total. The first-order chi connectivity index (χ1) is 17.3. The Hall–Kier alpha value is -3.63. The summed E-state index contributed by atoms with van der Waals surface area (Å²) in [4.78, 5) is 25.2. The van der Waals surface area contributed by atoms with Crippen LogP contribution in [0.25, 0.3) is 0 Å². The van der Waals surface area contributed by atoms with E-state index in [1.54, 1.807) is 19.9 Å². The number of carbonyl (C=O) groups excluding carboxylic acids is 1. The van der Waals surface area contributed by atoms with E-state index >= 15 is 0 Å². The molecule has 1 aliphatic rings. The van der Waals surface area contributed by atoms with Crippen LogP contribution in [0.15, 0.2) is 48.5 Å². The van der Waals surface area contributed by atoms with Crippen molar-refractivity contribution >= 4 is 11.7 Å². The van der Waals surface area contributed by atoms with Gasteiger partial charge >= 0.3 is 12.4 Å². The molecule has 1 saturated heterocycles. The maximum absolute atomic E-state index is 13.2. The molecule has 0 bridgehead atoms. The van der Waals surface area contributed by atoms with Crippen molar-refractivity contribution in [3.63, 3.8) is 0 Å². The normalized spacial score (nSPS) is 14.7. The molecule has 1 amide bonds. The van der Waals surface area contributed by atoms with Crippen molar-refractivity contribution in [2.24, 2.45) is 0 Å². The van der Waals surface area contributed by atoms with Gasteiger partial charge in [-0.25, -0.2) is 9.97 Å². The second-order valence-electron chi connectivity index (χ2n) is 8.89. The van der Waals surface area contributed by atoms with Crippen molar-refractivity contribution in [1.29, 1.82) is 0 Å². The van der Waals surface area contributed by atoms with Gasteiger partial charge in [-0.2, -0.15) is 26.3 Å². The number of carbonyl (C=O) groups is 1. The van der Waals surface area contributed by atoms with Crippen molar-refractivity contribution in [1.82, 2.24) is 14.9 Å². The summed E-state index contributed by atoms with van der Waals surface area (Å²) in [5, 5.41) is 0. The zero-order chi connectivity index (χ0) is 27.0. The fraction of sp³-hybridized carbons (Fsp3) is 0.346. The van der Waals surface area contributed by atoms with Gasteiger partial charge in [-0.15, -0.1) is 0 Å². The molecule has 2 heterocycles. The maximum atomic E-state index is 13.2. The van der Waals surface area contributed by atoms with Gasteiger partial charge in [-0.1, -0.05) is 24.3 Å². The van der Waals surface area contributed by atoms with Gasteiger partial charge in [0.2, 0.25) is 0 Å². The number of halogens is 6. The van der Waals surface area contributed by atoms with Crippen LogP contribution in [0.5, 0.6) is 0 Å². The first kappa shape index (κ1) is 26.4. The molecule has 0 atom stereocenters. The molecule has 0 radical (unpaired) electrons. The van der Waals surface area contributed by atoms with Crippen molar-refractivity contribution < 1.29 is 31.1 Å². The van der Waals surface area contributed by atoms with Crippen LogP contribution in [0.3, 0.4) is 0 Å². The number of piperazine rings is 1. The van der Waals surface area contributed by atoms with Crippen LogP contribution in [0.1, 0.15) is 44.1 Å². The lowest BCUT2D eigenvalue weighted by atomic mass is 10.0. The number of hydrogen-bond donors (Lipinski definition) is 0. The summed E-state index contributed by atoms with van der Waals surface area (Å²) in [6, 6.07) is 9.43. The third-order valence-electron chi connectivity index (χ3n) is 6.24. The number of anilines is 1. The van der Waals surface area contributed by atoms with Crippen molar-refractivity contribution in [3.05, 3.63) is 87.9 Å². The molecule has 1 fully saturated rings. The Morgan fingerprint density at radius 1 is 0.838 bits per heavy atom. The number of benzene rings is 2. The molecule has 0 unspecified atom stereocenters. The van der Waals surface area contributed by atoms with Crippen LogP contribution in [0, 0.1) is 13.8 Å². The third-order valence-corrected chi connectivity index (χ3v) is 6.24. The van der Waals surface area contributed by atoms with E-state index in [1.165, 1.54) is 23.1 Å². The van der Waals surface area contributed by atoms with Gasteiger partial charge in [-0.05, 0) is 43.7 Å². The van der Waals surface area contributed by atoms with Gasteiger partial charge in [-0.3, -0.25) is 4.79 Å². The molecule has 2 aromatic carbocycles. The molecule has 1 aromatic heterocycles. The maximum Gasteiger partial charge on any atom is 0.416 e. The van der Waals surface area contributed by atoms with E-state index < -0.39 is 29.4 Å². The minimum absolute atomic E-state index is 0.0396. The van der Waals surface area contributed by atoms with Crippen LogP contribution >= 0.6 is 0 Å². The van der Waals surface area contributed by atoms with Gasteiger partial charge in [0, 0.05) is 49.4 Å². The summed E-state index contributed by atoms with van der Waals surface area (Å²) in [7, 11) is 0. The van der Waals surface area contributed by atoms with E-state index in [-0.39, 0.29) is 25.1 Å². The van der Waals surface area contributed by atoms with E-state index in [0.29, 0.717) is 41.6 Å². The van der Waals surface area contributed by atoms with Crippen LogP contribution < -0.4 is 4.90 Å². The Balaban J connectivity index is 1.53. The summed E-state index contributed by atoms with van der Waals surface area (Å²) < 4.78 is 78.7. The Morgan fingerprint density at radius 3 is 2.05 bits per heavy atom. The van der Waals surface area contributed by atoms with Crippen LogP contribution in [0.4, 0.5) is 32.2 Å². The van der Waals surface area contributed by atoms with Gasteiger partial charge in [0.25, 0.3) is 5.91 Å². The average Bonchev–Trinajstić information content (AvgIpc) is 2.84. The van der Waals surface area contributed by atoms with E-state index in [1.807, 2.05) is 4.90 Å². The second-order valence-corrected chi connectivity index (χ2v) is 8.89. The Morgan fingerprint density at radius 2 is 1.43 bits per heavy atom. The van der Waals surface area contributed by atoms with Gasteiger partial charge in [0.15, 0.2) is 0 Å². The zero-order valence-corrected chi connectivity index (χ0v) is 20.1. The largest absolute Gasteiger partial charge is 0.416 e. The highest BCUT2D eigenvalue weighted by atomic mass is 19.4. The summed E-state index contributed by atoms with van der Waals surface area (Å²) in [6.07, 6.45) is -8.82. The smallest absolute Gasteiger partial charge is 0.353 e. The Kier molecular flexibility index (Phi) is 7.16. The van der Waals surface area contributed by atoms with Gasteiger partial charge in [0.1, 0.15) is 11.6 Å². The molecular weight excluding hydrogens is 498 g/mol. The lowest BCUT2D eigenvalue weighted by molar-refractivity contribution is -0.138. The predicted octanol–water partition coefficient (Wildman–Crippen LogP) is 5.68. The Labute approximate surface area is 209 Å². The minimum Gasteiger partial charge on any atom is -0.353 e. The van der Waals surface area contributed by atoms with Crippen LogP contribution in [0.2, 0.25) is 0 Å².